The van der Waals surface area contributed by atoms with E-state index in [4.69, 9.17) is 4.74 Å². The van der Waals surface area contributed by atoms with Crippen molar-refractivity contribution in [3.05, 3.63) is 59.2 Å². The summed E-state index contributed by atoms with van der Waals surface area (Å²) in [6, 6.07) is 12.7. The van der Waals surface area contributed by atoms with E-state index >= 15 is 0 Å². The van der Waals surface area contributed by atoms with Crippen LogP contribution in [0.4, 0.5) is 0 Å². The van der Waals surface area contributed by atoms with Gasteiger partial charge in [-0.05, 0) is 61.1 Å². The number of benzene rings is 2. The second-order valence-corrected chi connectivity index (χ2v) is 9.15. The third kappa shape index (κ3) is 4.20. The number of sulfonamides is 1. The van der Waals surface area contributed by atoms with Gasteiger partial charge >= 0.3 is 0 Å². The van der Waals surface area contributed by atoms with Crippen LogP contribution in [0.1, 0.15) is 35.6 Å². The largest absolute Gasteiger partial charge is 0.496 e. The molecule has 2 aromatic rings. The molecule has 3 rings (SSSR count). The summed E-state index contributed by atoms with van der Waals surface area (Å²) in [4.78, 5) is 12.7. The number of amides is 1. The Morgan fingerprint density at radius 1 is 1.25 bits per heavy atom. The van der Waals surface area contributed by atoms with Crippen molar-refractivity contribution in [3.63, 3.8) is 0 Å². The van der Waals surface area contributed by atoms with Gasteiger partial charge in [0.15, 0.2) is 0 Å². The molecule has 1 aliphatic carbocycles. The number of hydrogen-bond acceptors (Lipinski definition) is 4. The molecule has 0 unspecified atom stereocenters. The molecule has 1 amide bonds. The molecule has 0 aromatic heterocycles. The number of fused-ring (bicyclic) bond motifs is 1. The van der Waals surface area contributed by atoms with Crippen molar-refractivity contribution in [1.82, 2.24) is 9.62 Å². The number of carbonyl (C=O) groups excluding carboxylic acids is 1. The van der Waals surface area contributed by atoms with Crippen LogP contribution in [0.2, 0.25) is 0 Å². The third-order valence-electron chi connectivity index (χ3n) is 5.15. The van der Waals surface area contributed by atoms with Crippen molar-refractivity contribution in [2.45, 2.75) is 37.1 Å². The predicted octanol–water partition coefficient (Wildman–Crippen LogP) is 2.82. The number of carbonyl (C=O) groups is 1. The maximum atomic E-state index is 12.8. The van der Waals surface area contributed by atoms with Crippen LogP contribution in [0.25, 0.3) is 0 Å². The molecule has 0 saturated heterocycles. The number of aryl methyl sites for hydroxylation is 2. The summed E-state index contributed by atoms with van der Waals surface area (Å²) in [6.45, 7) is 1.55. The highest BCUT2D eigenvalue weighted by atomic mass is 32.2. The molecule has 2 aromatic carbocycles. The fourth-order valence-corrected chi connectivity index (χ4v) is 4.84. The monoisotopic (exact) mass is 402 g/mol. The van der Waals surface area contributed by atoms with E-state index in [-0.39, 0.29) is 23.4 Å². The number of likely N-dealkylation sites (N-methyl/N-ethyl adjacent to an activating group) is 1. The van der Waals surface area contributed by atoms with Crippen molar-refractivity contribution in [3.8, 4) is 5.75 Å². The Kier molecular flexibility index (Phi) is 6.05. The van der Waals surface area contributed by atoms with Crippen molar-refractivity contribution in [2.75, 3.05) is 20.7 Å². The highest BCUT2D eigenvalue weighted by Gasteiger charge is 2.26. The number of ether oxygens (including phenoxy) is 1. The van der Waals surface area contributed by atoms with Gasteiger partial charge < -0.3 is 10.1 Å². The zero-order valence-electron chi connectivity index (χ0n) is 16.4. The highest BCUT2D eigenvalue weighted by molar-refractivity contribution is 7.89. The molecular weight excluding hydrogens is 376 g/mol. The average molecular weight is 403 g/mol. The zero-order valence-corrected chi connectivity index (χ0v) is 17.3. The van der Waals surface area contributed by atoms with Gasteiger partial charge in [-0.1, -0.05) is 24.3 Å². The SMILES string of the molecule is COc1ccc(S(=O)(=O)N(C)CC(=O)N[C@H]2CCCc3ccccc32)cc1C. The molecule has 6 nitrogen and oxygen atoms in total. The van der Waals surface area contributed by atoms with Gasteiger partial charge in [-0.25, -0.2) is 8.42 Å². The lowest BCUT2D eigenvalue weighted by molar-refractivity contribution is -0.122. The van der Waals surface area contributed by atoms with Crippen LogP contribution in [0.5, 0.6) is 5.75 Å². The Morgan fingerprint density at radius 3 is 2.71 bits per heavy atom. The molecule has 0 saturated carbocycles. The molecule has 0 bridgehead atoms. The first kappa shape index (κ1) is 20.4. The molecular formula is C21H26N2O4S. The molecule has 150 valence electrons. The fraction of sp³-hybridized carbons (Fsp3) is 0.381. The van der Waals surface area contributed by atoms with Crippen LogP contribution < -0.4 is 10.1 Å². The van der Waals surface area contributed by atoms with E-state index in [1.807, 2.05) is 18.2 Å². The first-order chi connectivity index (χ1) is 13.3. The van der Waals surface area contributed by atoms with Crippen molar-refractivity contribution in [2.24, 2.45) is 0 Å². The second-order valence-electron chi connectivity index (χ2n) is 7.10. The summed E-state index contributed by atoms with van der Waals surface area (Å²) >= 11 is 0. The molecule has 1 atom stereocenters. The maximum Gasteiger partial charge on any atom is 0.243 e. The fourth-order valence-electron chi connectivity index (χ4n) is 3.62. The van der Waals surface area contributed by atoms with Gasteiger partial charge in [0, 0.05) is 7.05 Å². The number of hydrogen-bond donors (Lipinski definition) is 1. The summed E-state index contributed by atoms with van der Waals surface area (Å²) in [5, 5.41) is 2.99. The summed E-state index contributed by atoms with van der Waals surface area (Å²) in [6.07, 6.45) is 2.87. The molecule has 0 fully saturated rings. The maximum absolute atomic E-state index is 12.8. The molecule has 0 aliphatic heterocycles. The summed E-state index contributed by atoms with van der Waals surface area (Å²) in [7, 11) is -0.808. The van der Waals surface area contributed by atoms with E-state index < -0.39 is 10.0 Å². The number of nitrogens with one attached hydrogen (secondary N) is 1. The molecule has 0 radical (unpaired) electrons. The van der Waals surface area contributed by atoms with Crippen LogP contribution >= 0.6 is 0 Å². The first-order valence-electron chi connectivity index (χ1n) is 9.31. The van der Waals surface area contributed by atoms with Gasteiger partial charge in [0.05, 0.1) is 24.6 Å². The molecule has 1 N–H and O–H groups in total. The lowest BCUT2D eigenvalue weighted by atomic mass is 9.88. The minimum absolute atomic E-state index is 0.0724. The molecule has 1 aliphatic rings. The molecule has 0 heterocycles. The summed E-state index contributed by atoms with van der Waals surface area (Å²) < 4.78 is 31.9. The van der Waals surface area contributed by atoms with Gasteiger partial charge in [-0.2, -0.15) is 4.31 Å². The van der Waals surface area contributed by atoms with Crippen molar-refractivity contribution >= 4 is 15.9 Å². The highest BCUT2D eigenvalue weighted by Crippen LogP contribution is 2.29. The second kappa shape index (κ2) is 8.32. The topological polar surface area (TPSA) is 75.7 Å². The van der Waals surface area contributed by atoms with E-state index in [9.17, 15) is 13.2 Å². The number of nitrogens with zero attached hydrogens (tertiary/aromatic N) is 1. The van der Waals surface area contributed by atoms with Crippen LogP contribution in [-0.4, -0.2) is 39.3 Å². The summed E-state index contributed by atoms with van der Waals surface area (Å²) in [5.74, 6) is 0.313. The first-order valence-corrected chi connectivity index (χ1v) is 10.7. The van der Waals surface area contributed by atoms with E-state index in [2.05, 4.69) is 11.4 Å². The number of rotatable bonds is 6. The average Bonchev–Trinajstić information content (AvgIpc) is 2.68. The van der Waals surface area contributed by atoms with Gasteiger partial charge in [-0.15, -0.1) is 0 Å². The normalized spacial score (nSPS) is 16.5. The van der Waals surface area contributed by atoms with E-state index in [0.717, 1.165) is 34.7 Å². The quantitative estimate of drug-likeness (QED) is 0.806. The Bertz CT molecular complexity index is 972. The molecule has 7 heteroatoms. The standard InChI is InChI=1S/C21H26N2O4S/c1-15-13-17(11-12-20(15)27-3)28(25,26)23(2)14-21(24)22-19-10-6-8-16-7-4-5-9-18(16)19/h4-5,7,9,11-13,19H,6,8,10,14H2,1-3H3,(H,22,24)/t19-/m0/s1. The van der Waals surface area contributed by atoms with Gasteiger partial charge in [0.2, 0.25) is 15.9 Å². The smallest absolute Gasteiger partial charge is 0.243 e. The Labute approximate surface area is 166 Å². The van der Waals surface area contributed by atoms with Crippen molar-refractivity contribution in [1.29, 1.82) is 0 Å². The predicted molar refractivity (Wildman–Crippen MR) is 108 cm³/mol. The van der Waals surface area contributed by atoms with Crippen LogP contribution in [0, 0.1) is 6.92 Å². The van der Waals surface area contributed by atoms with Crippen LogP contribution in [0.15, 0.2) is 47.4 Å². The Balaban J connectivity index is 1.69. The van der Waals surface area contributed by atoms with Gasteiger partial charge in [-0.3, -0.25) is 4.79 Å². The molecule has 0 spiro atoms. The van der Waals surface area contributed by atoms with E-state index in [1.54, 1.807) is 19.1 Å². The van der Waals surface area contributed by atoms with Crippen LogP contribution in [-0.2, 0) is 21.2 Å². The molecule has 28 heavy (non-hydrogen) atoms. The lowest BCUT2D eigenvalue weighted by Crippen LogP contribution is -2.40. The Morgan fingerprint density at radius 2 is 2.00 bits per heavy atom. The van der Waals surface area contributed by atoms with Gasteiger partial charge in [0.1, 0.15) is 5.75 Å². The summed E-state index contributed by atoms with van der Waals surface area (Å²) in [5.41, 5.74) is 3.09. The third-order valence-corrected chi connectivity index (χ3v) is 6.94. The minimum Gasteiger partial charge on any atom is -0.496 e. The minimum atomic E-state index is -3.77. The number of methoxy groups -OCH3 is 1. The van der Waals surface area contributed by atoms with Crippen molar-refractivity contribution < 1.29 is 17.9 Å². The van der Waals surface area contributed by atoms with Gasteiger partial charge in [0.25, 0.3) is 0 Å². The lowest BCUT2D eigenvalue weighted by Gasteiger charge is -2.27. The van der Waals surface area contributed by atoms with Crippen LogP contribution in [0.3, 0.4) is 0 Å². The Hall–Kier alpha value is -2.38. The van der Waals surface area contributed by atoms with E-state index in [1.165, 1.54) is 25.8 Å². The van der Waals surface area contributed by atoms with E-state index in [0.29, 0.717) is 5.75 Å². The zero-order chi connectivity index (χ0) is 20.3.